The van der Waals surface area contributed by atoms with Crippen LogP contribution >= 0.6 is 27.3 Å². The highest BCUT2D eigenvalue weighted by Gasteiger charge is 2.23. The van der Waals surface area contributed by atoms with Gasteiger partial charge in [0.25, 0.3) is 0 Å². The van der Waals surface area contributed by atoms with Crippen molar-refractivity contribution < 1.29 is 13.9 Å². The number of esters is 1. The number of thiophene rings is 1. The molecule has 2 heterocycles. The van der Waals surface area contributed by atoms with Crippen molar-refractivity contribution in [2.45, 2.75) is 26.4 Å². The van der Waals surface area contributed by atoms with Gasteiger partial charge in [-0.2, -0.15) is 0 Å². The van der Waals surface area contributed by atoms with Gasteiger partial charge in [0.15, 0.2) is 4.67 Å². The molecule has 0 saturated heterocycles. The van der Waals surface area contributed by atoms with Crippen molar-refractivity contribution in [2.24, 2.45) is 0 Å². The van der Waals surface area contributed by atoms with Crippen LogP contribution in [0.15, 0.2) is 27.3 Å². The van der Waals surface area contributed by atoms with E-state index in [1.165, 1.54) is 11.3 Å². The highest BCUT2D eigenvalue weighted by molar-refractivity contribution is 9.10. The molecule has 0 unspecified atom stereocenters. The Balaban J connectivity index is 2.29. The molecule has 0 aliphatic heterocycles. The van der Waals surface area contributed by atoms with Crippen LogP contribution in [-0.2, 0) is 4.74 Å². The van der Waals surface area contributed by atoms with Crippen molar-refractivity contribution in [1.29, 1.82) is 0 Å². The summed E-state index contributed by atoms with van der Waals surface area (Å²) >= 11 is 4.50. The Morgan fingerprint density at radius 3 is 2.63 bits per heavy atom. The maximum atomic E-state index is 12.0. The van der Waals surface area contributed by atoms with Gasteiger partial charge in [-0.1, -0.05) is 0 Å². The minimum atomic E-state index is -0.540. The molecule has 0 aliphatic rings. The third-order valence-electron chi connectivity index (χ3n) is 2.16. The normalized spacial score (nSPS) is 11.6. The quantitative estimate of drug-likeness (QED) is 0.825. The lowest BCUT2D eigenvalue weighted by Crippen LogP contribution is -2.23. The average Bonchev–Trinajstić information content (AvgIpc) is 2.82. The predicted octanol–water partition coefficient (Wildman–Crippen LogP) is 4.31. The van der Waals surface area contributed by atoms with Crippen molar-refractivity contribution in [3.63, 3.8) is 0 Å². The van der Waals surface area contributed by atoms with Crippen molar-refractivity contribution in [3.05, 3.63) is 27.7 Å². The number of nitrogen functional groups attached to an aromatic ring is 1. The summed E-state index contributed by atoms with van der Waals surface area (Å²) in [6.07, 6.45) is 0. The molecule has 4 nitrogen and oxygen atoms in total. The first kappa shape index (κ1) is 14.1. The minimum absolute atomic E-state index is 0.400. The molecule has 0 saturated carbocycles. The van der Waals surface area contributed by atoms with E-state index in [4.69, 9.17) is 14.9 Å². The Labute approximate surface area is 123 Å². The molecule has 2 aromatic heterocycles. The van der Waals surface area contributed by atoms with Crippen LogP contribution in [0.1, 0.15) is 30.4 Å². The van der Waals surface area contributed by atoms with Crippen LogP contribution in [0.4, 0.5) is 5.69 Å². The molecule has 2 N–H and O–H groups in total. The van der Waals surface area contributed by atoms with E-state index >= 15 is 0 Å². The van der Waals surface area contributed by atoms with E-state index in [1.54, 1.807) is 12.1 Å². The molecule has 0 aromatic carbocycles. The second-order valence-electron chi connectivity index (χ2n) is 5.00. The molecule has 2 rings (SSSR count). The van der Waals surface area contributed by atoms with Gasteiger partial charge in [0.05, 0.1) is 10.6 Å². The van der Waals surface area contributed by atoms with Gasteiger partial charge in [-0.15, -0.1) is 11.3 Å². The summed E-state index contributed by atoms with van der Waals surface area (Å²) in [5, 5.41) is 0. The Kier molecular flexibility index (Phi) is 3.73. The lowest BCUT2D eigenvalue weighted by molar-refractivity contribution is 0.00764. The summed E-state index contributed by atoms with van der Waals surface area (Å²) in [7, 11) is 0. The van der Waals surface area contributed by atoms with Gasteiger partial charge >= 0.3 is 5.97 Å². The Hall–Kier alpha value is -1.27. The number of furan rings is 1. The third kappa shape index (κ3) is 3.39. The number of ether oxygens (including phenoxy) is 1. The summed E-state index contributed by atoms with van der Waals surface area (Å²) in [6.45, 7) is 5.46. The molecule has 102 valence electrons. The number of hydrogen-bond donors (Lipinski definition) is 1. The first-order valence-corrected chi connectivity index (χ1v) is 7.25. The van der Waals surface area contributed by atoms with Crippen molar-refractivity contribution >= 4 is 38.9 Å². The number of halogens is 1. The molecule has 0 bridgehead atoms. The molecular weight excluding hydrogens is 330 g/mol. The van der Waals surface area contributed by atoms with Crippen molar-refractivity contribution in [2.75, 3.05) is 5.73 Å². The van der Waals surface area contributed by atoms with E-state index < -0.39 is 11.6 Å². The first-order valence-electron chi connectivity index (χ1n) is 5.64. The van der Waals surface area contributed by atoms with Crippen molar-refractivity contribution in [1.82, 2.24) is 0 Å². The molecular formula is C13H14BrNO3S. The predicted molar refractivity (Wildman–Crippen MR) is 79.3 cm³/mol. The number of nitrogens with two attached hydrogens (primary N) is 1. The van der Waals surface area contributed by atoms with Gasteiger partial charge in [-0.3, -0.25) is 0 Å². The fourth-order valence-corrected chi connectivity index (χ4v) is 2.68. The largest absolute Gasteiger partial charge is 0.456 e. The van der Waals surface area contributed by atoms with E-state index in [1.807, 2.05) is 26.8 Å². The van der Waals surface area contributed by atoms with Crippen LogP contribution in [-0.4, -0.2) is 11.6 Å². The zero-order valence-corrected chi connectivity index (χ0v) is 13.2. The third-order valence-corrected chi connectivity index (χ3v) is 3.73. The fraction of sp³-hybridized carbons (Fsp3) is 0.308. The van der Waals surface area contributed by atoms with Gasteiger partial charge in [-0.05, 0) is 54.9 Å². The van der Waals surface area contributed by atoms with Crippen LogP contribution in [0, 0.1) is 0 Å². The van der Waals surface area contributed by atoms with E-state index in [-0.39, 0.29) is 0 Å². The van der Waals surface area contributed by atoms with E-state index in [9.17, 15) is 4.79 Å². The standard InChI is InChI=1S/C13H14BrNO3S/c1-13(2,3)18-12(16)11-7(15)6-9(19-11)8-4-5-10(14)17-8/h4-6H,15H2,1-3H3. The zero-order chi connectivity index (χ0) is 14.2. The van der Waals surface area contributed by atoms with Gasteiger partial charge in [-0.25, -0.2) is 4.79 Å². The number of hydrogen-bond acceptors (Lipinski definition) is 5. The minimum Gasteiger partial charge on any atom is -0.456 e. The second kappa shape index (κ2) is 5.02. The summed E-state index contributed by atoms with van der Waals surface area (Å²) in [5.74, 6) is 0.255. The average molecular weight is 344 g/mol. The Morgan fingerprint density at radius 1 is 1.42 bits per heavy atom. The number of anilines is 1. The fourth-order valence-electron chi connectivity index (χ4n) is 1.46. The molecule has 0 amide bonds. The van der Waals surface area contributed by atoms with Gasteiger partial charge in [0.1, 0.15) is 16.2 Å². The number of carbonyl (C=O) groups excluding carboxylic acids is 1. The molecule has 0 fully saturated rings. The smallest absolute Gasteiger partial charge is 0.350 e. The molecule has 6 heteroatoms. The van der Waals surface area contributed by atoms with E-state index in [0.29, 0.717) is 21.0 Å². The van der Waals surface area contributed by atoms with Gasteiger partial charge in [0, 0.05) is 0 Å². The molecule has 0 spiro atoms. The molecule has 2 aromatic rings. The van der Waals surface area contributed by atoms with Gasteiger partial charge < -0.3 is 14.9 Å². The van der Waals surface area contributed by atoms with Crippen molar-refractivity contribution in [3.8, 4) is 10.6 Å². The highest BCUT2D eigenvalue weighted by atomic mass is 79.9. The number of rotatable bonds is 2. The molecule has 0 radical (unpaired) electrons. The maximum absolute atomic E-state index is 12.0. The van der Waals surface area contributed by atoms with Gasteiger partial charge in [0.2, 0.25) is 0 Å². The Morgan fingerprint density at radius 2 is 2.11 bits per heavy atom. The Bertz CT molecular complexity index is 610. The van der Waals surface area contributed by atoms with Crippen LogP contribution < -0.4 is 5.73 Å². The molecule has 19 heavy (non-hydrogen) atoms. The van der Waals surface area contributed by atoms with Crippen LogP contribution in [0.2, 0.25) is 0 Å². The SMILES string of the molecule is CC(C)(C)OC(=O)c1sc(-c2ccc(Br)o2)cc1N. The summed E-state index contributed by atoms with van der Waals surface area (Å²) in [4.78, 5) is 13.2. The molecule has 0 atom stereocenters. The van der Waals surface area contributed by atoms with Crippen LogP contribution in [0.25, 0.3) is 10.6 Å². The van der Waals surface area contributed by atoms with E-state index in [0.717, 1.165) is 4.88 Å². The summed E-state index contributed by atoms with van der Waals surface area (Å²) < 4.78 is 11.4. The van der Waals surface area contributed by atoms with Crippen LogP contribution in [0.3, 0.4) is 0 Å². The second-order valence-corrected chi connectivity index (χ2v) is 6.83. The monoisotopic (exact) mass is 343 g/mol. The molecule has 0 aliphatic carbocycles. The summed E-state index contributed by atoms with van der Waals surface area (Å²) in [6, 6.07) is 5.32. The lowest BCUT2D eigenvalue weighted by atomic mass is 10.2. The zero-order valence-electron chi connectivity index (χ0n) is 10.8. The number of carbonyl (C=O) groups is 1. The lowest BCUT2D eigenvalue weighted by Gasteiger charge is -2.18. The highest BCUT2D eigenvalue weighted by Crippen LogP contribution is 2.35. The van der Waals surface area contributed by atoms with E-state index in [2.05, 4.69) is 15.9 Å². The maximum Gasteiger partial charge on any atom is 0.350 e. The summed E-state index contributed by atoms with van der Waals surface area (Å²) in [5.41, 5.74) is 5.73. The topological polar surface area (TPSA) is 65.5 Å². The van der Waals surface area contributed by atoms with Crippen LogP contribution in [0.5, 0.6) is 0 Å². The first-order chi connectivity index (χ1) is 8.76.